The molecular weight excluding hydrogens is 349 g/mol. The Balaban J connectivity index is 1.46. The third-order valence-corrected chi connectivity index (χ3v) is 4.56. The number of aromatic carboxylic acids is 1. The minimum absolute atomic E-state index is 0.194. The zero-order chi connectivity index (χ0) is 19.2. The number of carboxylic acid groups (broad SMARTS) is 1. The number of carbonyl (C=O) groups is 2. The van der Waals surface area contributed by atoms with Gasteiger partial charge in [-0.3, -0.25) is 14.6 Å². The third-order valence-electron chi connectivity index (χ3n) is 4.56. The summed E-state index contributed by atoms with van der Waals surface area (Å²) < 4.78 is 13.6. The molecule has 0 atom stereocenters. The molecule has 1 saturated heterocycles. The highest BCUT2D eigenvalue weighted by Gasteiger charge is 2.19. The van der Waals surface area contributed by atoms with Crippen LogP contribution in [0.1, 0.15) is 15.9 Å². The van der Waals surface area contributed by atoms with Gasteiger partial charge >= 0.3 is 5.97 Å². The Morgan fingerprint density at radius 3 is 2.41 bits per heavy atom. The molecule has 0 radical (unpaired) electrons. The van der Waals surface area contributed by atoms with Crippen molar-refractivity contribution in [2.24, 2.45) is 0 Å². The number of amides is 1. The molecule has 1 aliphatic heterocycles. The Bertz CT molecular complexity index is 820. The van der Waals surface area contributed by atoms with Gasteiger partial charge in [-0.25, -0.2) is 9.18 Å². The lowest BCUT2D eigenvalue weighted by Crippen LogP contribution is -2.48. The van der Waals surface area contributed by atoms with Gasteiger partial charge in [-0.15, -0.1) is 0 Å². The highest BCUT2D eigenvalue weighted by molar-refractivity contribution is 5.92. The molecule has 1 fully saturated rings. The van der Waals surface area contributed by atoms with Crippen LogP contribution in [0.25, 0.3) is 0 Å². The molecule has 1 heterocycles. The monoisotopic (exact) mass is 371 g/mol. The van der Waals surface area contributed by atoms with E-state index in [1.165, 1.54) is 12.1 Å². The van der Waals surface area contributed by atoms with Crippen LogP contribution in [0.3, 0.4) is 0 Å². The molecule has 27 heavy (non-hydrogen) atoms. The van der Waals surface area contributed by atoms with Crippen LogP contribution >= 0.6 is 0 Å². The van der Waals surface area contributed by atoms with E-state index in [0.29, 0.717) is 6.54 Å². The number of carbonyl (C=O) groups excluding carboxylic acids is 1. The minimum Gasteiger partial charge on any atom is -0.478 e. The van der Waals surface area contributed by atoms with Crippen molar-refractivity contribution in [2.75, 3.05) is 38.0 Å². The lowest BCUT2D eigenvalue weighted by atomic mass is 10.1. The molecule has 1 amide bonds. The third kappa shape index (κ3) is 5.35. The van der Waals surface area contributed by atoms with E-state index < -0.39 is 11.8 Å². The summed E-state index contributed by atoms with van der Waals surface area (Å²) in [6, 6.07) is 13.1. The van der Waals surface area contributed by atoms with Crippen molar-refractivity contribution in [2.45, 2.75) is 6.54 Å². The number of piperazine rings is 1. The quantitative estimate of drug-likeness (QED) is 0.815. The molecule has 2 aromatic rings. The van der Waals surface area contributed by atoms with Gasteiger partial charge in [-0.05, 0) is 29.8 Å². The number of rotatable bonds is 6. The predicted molar refractivity (Wildman–Crippen MR) is 100 cm³/mol. The van der Waals surface area contributed by atoms with Gasteiger partial charge in [0, 0.05) is 32.7 Å². The van der Waals surface area contributed by atoms with Gasteiger partial charge in [-0.2, -0.15) is 0 Å². The Labute approximate surface area is 157 Å². The zero-order valence-electron chi connectivity index (χ0n) is 14.9. The highest BCUT2D eigenvalue weighted by Crippen LogP contribution is 2.13. The van der Waals surface area contributed by atoms with Crippen LogP contribution in [0.5, 0.6) is 0 Å². The topological polar surface area (TPSA) is 72.9 Å². The summed E-state index contributed by atoms with van der Waals surface area (Å²) in [5.41, 5.74) is 1.44. The molecule has 142 valence electrons. The van der Waals surface area contributed by atoms with Crippen LogP contribution in [0, 0.1) is 5.82 Å². The normalized spacial score (nSPS) is 15.4. The maximum atomic E-state index is 13.6. The molecule has 7 heteroatoms. The van der Waals surface area contributed by atoms with Crippen LogP contribution < -0.4 is 5.32 Å². The molecule has 0 aromatic heterocycles. The largest absolute Gasteiger partial charge is 0.478 e. The van der Waals surface area contributed by atoms with Crippen molar-refractivity contribution in [3.8, 4) is 0 Å². The van der Waals surface area contributed by atoms with Gasteiger partial charge in [0.2, 0.25) is 5.91 Å². The number of hydrogen-bond donors (Lipinski definition) is 2. The predicted octanol–water partition coefficient (Wildman–Crippen LogP) is 2.28. The summed E-state index contributed by atoms with van der Waals surface area (Å²) in [7, 11) is 0. The second kappa shape index (κ2) is 8.75. The average Bonchev–Trinajstić information content (AvgIpc) is 2.65. The molecule has 3 rings (SSSR count). The minimum atomic E-state index is -0.928. The first-order valence-corrected chi connectivity index (χ1v) is 8.82. The van der Waals surface area contributed by atoms with Gasteiger partial charge < -0.3 is 10.4 Å². The Morgan fingerprint density at radius 1 is 1.00 bits per heavy atom. The summed E-state index contributed by atoms with van der Waals surface area (Å²) in [4.78, 5) is 27.4. The molecule has 2 N–H and O–H groups in total. The highest BCUT2D eigenvalue weighted by atomic mass is 19.1. The second-order valence-electron chi connectivity index (χ2n) is 6.59. The van der Waals surface area contributed by atoms with Crippen LogP contribution in [0.4, 0.5) is 10.1 Å². The second-order valence-corrected chi connectivity index (χ2v) is 6.59. The van der Waals surface area contributed by atoms with Gasteiger partial charge in [0.1, 0.15) is 5.82 Å². The van der Waals surface area contributed by atoms with E-state index in [4.69, 9.17) is 5.11 Å². The van der Waals surface area contributed by atoms with Crippen LogP contribution in [-0.2, 0) is 11.3 Å². The van der Waals surface area contributed by atoms with E-state index in [9.17, 15) is 14.0 Å². The first kappa shape index (κ1) is 19.0. The van der Waals surface area contributed by atoms with E-state index in [0.717, 1.165) is 31.7 Å². The number of para-hydroxylation sites is 1. The fourth-order valence-electron chi connectivity index (χ4n) is 3.12. The van der Waals surface area contributed by atoms with Crippen molar-refractivity contribution in [3.05, 3.63) is 65.5 Å². The van der Waals surface area contributed by atoms with E-state index >= 15 is 0 Å². The van der Waals surface area contributed by atoms with Crippen molar-refractivity contribution in [3.63, 3.8) is 0 Å². The number of benzene rings is 2. The SMILES string of the molecule is O=C(CN1CCN(Cc2cccc(C(=O)O)c2)CC1)Nc1ccccc1F. The number of nitrogens with one attached hydrogen (secondary N) is 1. The first-order valence-electron chi connectivity index (χ1n) is 8.82. The van der Waals surface area contributed by atoms with Gasteiger partial charge in [0.15, 0.2) is 0 Å². The van der Waals surface area contributed by atoms with Gasteiger partial charge in [0.05, 0.1) is 17.8 Å². The Hall–Kier alpha value is -2.77. The summed E-state index contributed by atoms with van der Waals surface area (Å²) in [5.74, 6) is -1.61. The van der Waals surface area contributed by atoms with Gasteiger partial charge in [-0.1, -0.05) is 24.3 Å². The van der Waals surface area contributed by atoms with E-state index in [-0.39, 0.29) is 23.7 Å². The lowest BCUT2D eigenvalue weighted by Gasteiger charge is -2.34. The van der Waals surface area contributed by atoms with Crippen molar-refractivity contribution in [1.82, 2.24) is 9.80 Å². The maximum absolute atomic E-state index is 13.6. The van der Waals surface area contributed by atoms with Crippen LogP contribution in [0.15, 0.2) is 48.5 Å². The molecule has 0 unspecified atom stereocenters. The average molecular weight is 371 g/mol. The number of anilines is 1. The number of hydrogen-bond acceptors (Lipinski definition) is 4. The fraction of sp³-hybridized carbons (Fsp3) is 0.300. The number of halogens is 1. The van der Waals surface area contributed by atoms with Crippen molar-refractivity contribution < 1.29 is 19.1 Å². The molecule has 0 spiro atoms. The molecular formula is C20H22FN3O3. The van der Waals surface area contributed by atoms with Crippen LogP contribution in [0.2, 0.25) is 0 Å². The van der Waals surface area contributed by atoms with E-state index in [1.807, 2.05) is 11.0 Å². The standard InChI is InChI=1S/C20H22FN3O3/c21-17-6-1-2-7-18(17)22-19(25)14-24-10-8-23(9-11-24)13-15-4-3-5-16(12-15)20(26)27/h1-7,12H,8-11,13-14H2,(H,22,25)(H,26,27). The molecule has 1 aliphatic rings. The Morgan fingerprint density at radius 2 is 1.70 bits per heavy atom. The van der Waals surface area contributed by atoms with E-state index in [1.54, 1.807) is 30.3 Å². The molecule has 6 nitrogen and oxygen atoms in total. The summed E-state index contributed by atoms with van der Waals surface area (Å²) in [6.07, 6.45) is 0. The fourth-order valence-corrected chi connectivity index (χ4v) is 3.12. The summed E-state index contributed by atoms with van der Waals surface area (Å²) in [5, 5.41) is 11.7. The van der Waals surface area contributed by atoms with Crippen molar-refractivity contribution >= 4 is 17.6 Å². The molecule has 0 saturated carbocycles. The number of nitrogens with zero attached hydrogens (tertiary/aromatic N) is 2. The van der Waals surface area contributed by atoms with Gasteiger partial charge in [0.25, 0.3) is 0 Å². The summed E-state index contributed by atoms with van der Waals surface area (Å²) in [6.45, 7) is 3.91. The Kier molecular flexibility index (Phi) is 6.16. The molecule has 0 aliphatic carbocycles. The summed E-state index contributed by atoms with van der Waals surface area (Å²) >= 11 is 0. The van der Waals surface area contributed by atoms with Crippen LogP contribution in [-0.4, -0.2) is 59.5 Å². The molecule has 0 bridgehead atoms. The first-order chi connectivity index (χ1) is 13.0. The number of carboxylic acids is 1. The van der Waals surface area contributed by atoms with E-state index in [2.05, 4.69) is 10.2 Å². The zero-order valence-corrected chi connectivity index (χ0v) is 14.9. The lowest BCUT2D eigenvalue weighted by molar-refractivity contribution is -0.117. The smallest absolute Gasteiger partial charge is 0.335 e. The maximum Gasteiger partial charge on any atom is 0.335 e. The molecule has 2 aromatic carbocycles. The van der Waals surface area contributed by atoms with Crippen molar-refractivity contribution in [1.29, 1.82) is 0 Å².